The second-order valence-corrected chi connectivity index (χ2v) is 21.9. The van der Waals surface area contributed by atoms with E-state index in [2.05, 4.69) is 72.6 Å². The molecule has 6 aromatic rings. The van der Waals surface area contributed by atoms with E-state index in [-0.39, 0.29) is 34.0 Å². The first-order valence-electron chi connectivity index (χ1n) is 23.9. The molecule has 67 heavy (non-hydrogen) atoms. The van der Waals surface area contributed by atoms with Gasteiger partial charge in [0, 0.05) is 54.6 Å². The lowest BCUT2D eigenvalue weighted by Crippen LogP contribution is -2.54. The van der Waals surface area contributed by atoms with Gasteiger partial charge < -0.3 is 24.7 Å². The van der Waals surface area contributed by atoms with Gasteiger partial charge in [0.1, 0.15) is 27.6 Å². The minimum Gasteiger partial charge on any atom is -0.455 e. The van der Waals surface area contributed by atoms with Crippen molar-refractivity contribution in [3.63, 3.8) is 0 Å². The van der Waals surface area contributed by atoms with E-state index >= 15 is 0 Å². The summed E-state index contributed by atoms with van der Waals surface area (Å²) in [5.41, 5.74) is 4.24. The predicted octanol–water partition coefficient (Wildman–Crippen LogP) is 9.84. The summed E-state index contributed by atoms with van der Waals surface area (Å²) in [5.74, 6) is 0.291. The van der Waals surface area contributed by atoms with Crippen molar-refractivity contribution in [1.29, 1.82) is 0 Å². The van der Waals surface area contributed by atoms with E-state index in [0.29, 0.717) is 66.1 Å². The number of fused-ring (bicyclic) bond motifs is 2. The molecule has 352 valence electrons. The van der Waals surface area contributed by atoms with Crippen molar-refractivity contribution in [3.05, 3.63) is 112 Å². The lowest BCUT2D eigenvalue weighted by Gasteiger charge is -2.56. The summed E-state index contributed by atoms with van der Waals surface area (Å²) < 4.78 is 37.0. The van der Waals surface area contributed by atoms with Crippen LogP contribution in [-0.2, 0) is 16.4 Å². The largest absolute Gasteiger partial charge is 0.455 e. The molecule has 3 aromatic carbocycles. The number of aromatic nitrogens is 4. The first-order chi connectivity index (χ1) is 32.2. The van der Waals surface area contributed by atoms with Gasteiger partial charge in [-0.1, -0.05) is 38.1 Å². The highest BCUT2D eigenvalue weighted by atomic mass is 32.2. The average molecular weight is 929 g/mol. The maximum absolute atomic E-state index is 14.2. The Kier molecular flexibility index (Phi) is 11.9. The van der Waals surface area contributed by atoms with E-state index < -0.39 is 31.4 Å². The third-order valence-corrected chi connectivity index (χ3v) is 16.9. The number of nitro groups is 1. The number of H-pyrrole nitrogens is 2. The van der Waals surface area contributed by atoms with Crippen molar-refractivity contribution in [1.82, 2.24) is 29.6 Å². The Bertz CT molecular complexity index is 2940. The van der Waals surface area contributed by atoms with Crippen molar-refractivity contribution in [2.24, 2.45) is 11.3 Å². The van der Waals surface area contributed by atoms with Crippen molar-refractivity contribution in [2.45, 2.75) is 126 Å². The number of pyridine rings is 1. The van der Waals surface area contributed by atoms with E-state index in [0.717, 1.165) is 62.5 Å². The Morgan fingerprint density at radius 3 is 2.54 bits per heavy atom. The maximum atomic E-state index is 14.2. The topological polar surface area (TPSA) is 200 Å². The summed E-state index contributed by atoms with van der Waals surface area (Å²) in [6, 6.07) is 19.9. The smallest absolute Gasteiger partial charge is 0.276 e. The minimum atomic E-state index is -4.71. The van der Waals surface area contributed by atoms with Crippen LogP contribution in [0.5, 0.6) is 11.5 Å². The van der Waals surface area contributed by atoms with Gasteiger partial charge in [0.05, 0.1) is 39.7 Å². The number of sulfonamides is 1. The molecule has 2 saturated carbocycles. The number of amides is 1. The van der Waals surface area contributed by atoms with Gasteiger partial charge in [-0.3, -0.25) is 19.8 Å². The molecule has 1 atom stereocenters. The van der Waals surface area contributed by atoms with Gasteiger partial charge in [-0.15, -0.1) is 0 Å². The monoisotopic (exact) mass is 928 g/mol. The fourth-order valence-corrected chi connectivity index (χ4v) is 12.9. The number of likely N-dealkylation sites (tertiary alicyclic amines) is 1. The van der Waals surface area contributed by atoms with Gasteiger partial charge in [-0.25, -0.2) is 23.1 Å². The first-order valence-corrected chi connectivity index (χ1v) is 25.4. The highest BCUT2D eigenvalue weighted by Crippen LogP contribution is 2.54. The number of piperidine rings is 1. The van der Waals surface area contributed by atoms with Crippen LogP contribution in [0.3, 0.4) is 0 Å². The number of nitrogens with zero attached hydrogens (tertiary/aromatic N) is 5. The summed E-state index contributed by atoms with van der Waals surface area (Å²) in [4.78, 5) is 45.5. The molecule has 2 saturated heterocycles. The molecule has 5 heterocycles. The Morgan fingerprint density at radius 1 is 1.00 bits per heavy atom. The average Bonchev–Trinajstić information content (AvgIpc) is 4.09. The number of aromatic amines is 2. The number of anilines is 1. The van der Waals surface area contributed by atoms with E-state index in [1.54, 1.807) is 30.6 Å². The number of hydrogen-bond donors (Lipinski definition) is 4. The fourth-order valence-electron chi connectivity index (χ4n) is 11.7. The molecule has 4 aliphatic rings. The number of nitrogens with one attached hydrogen (secondary N) is 3. The quantitative estimate of drug-likeness (QED) is 0.0635. The van der Waals surface area contributed by atoms with Gasteiger partial charge >= 0.3 is 0 Å². The molecule has 0 radical (unpaired) electrons. The SMILES string of the molecule is CC(C)c1ccccc1[C@@H]1CCCN1C1CC2(CCN(c3ccc(C(=O)NS(=O)(=O)c4cc([N+](=O)[O-])c(CCC5CCC(C)(O)CC5)c5[nH]cnc45)c(Oc4cnc5[nH]ccc5c4)c3)CC2)C1. The van der Waals surface area contributed by atoms with Crippen LogP contribution in [-0.4, -0.2) is 80.5 Å². The standard InChI is InChI=1S/C51H60N8O7S/c1-32(2)38-7-4-5-8-39(38)42-9-6-22-58(42)36-28-51(29-36)19-23-57(24-20-51)35-11-13-41(44(26-35)66-37-25-34-16-21-52-48(34)53-30-37)49(60)56-67(64,65)45-27-43(59(62)63)40(46-47(45)55-31-54-46)12-10-33-14-17-50(3,61)18-15-33/h4-5,7-8,11,13,16,21,25-27,30-33,36,42,61H,6,9-10,12,14-15,17-20,22-24,28-29H2,1-3H3,(H,52,53)(H,54,55)(H,56,60)/t33?,42-,50?/m0/s1. The first kappa shape index (κ1) is 45.0. The zero-order chi connectivity index (χ0) is 46.7. The minimum absolute atomic E-state index is 0.00235. The molecular formula is C51H60N8O7S. The zero-order valence-corrected chi connectivity index (χ0v) is 39.3. The number of carbonyl (C=O) groups excluding carboxylic acids is 1. The lowest BCUT2D eigenvalue weighted by atomic mass is 9.59. The third kappa shape index (κ3) is 8.91. The van der Waals surface area contributed by atoms with Gasteiger partial charge in [0.2, 0.25) is 0 Å². The summed E-state index contributed by atoms with van der Waals surface area (Å²) >= 11 is 0. The van der Waals surface area contributed by atoms with Crippen LogP contribution in [0, 0.1) is 21.4 Å². The molecule has 3 aromatic heterocycles. The number of hydrogen-bond acceptors (Lipinski definition) is 11. The molecule has 0 unspecified atom stereocenters. The van der Waals surface area contributed by atoms with E-state index in [1.807, 2.05) is 19.1 Å². The Morgan fingerprint density at radius 2 is 1.78 bits per heavy atom. The van der Waals surface area contributed by atoms with Crippen LogP contribution in [0.1, 0.15) is 130 Å². The van der Waals surface area contributed by atoms with Crippen LogP contribution < -0.4 is 14.4 Å². The molecule has 4 fully saturated rings. The van der Waals surface area contributed by atoms with Gasteiger partial charge in [0.25, 0.3) is 21.6 Å². The number of nitro benzene ring substituents is 1. The molecule has 0 bridgehead atoms. The number of carbonyl (C=O) groups is 1. The number of benzene rings is 3. The van der Waals surface area contributed by atoms with Crippen LogP contribution in [0.15, 0.2) is 84.3 Å². The fraction of sp³-hybridized carbons (Fsp3) is 0.471. The van der Waals surface area contributed by atoms with Crippen molar-refractivity contribution >= 4 is 49.4 Å². The maximum Gasteiger partial charge on any atom is 0.276 e. The van der Waals surface area contributed by atoms with E-state index in [9.17, 15) is 28.4 Å². The van der Waals surface area contributed by atoms with Gasteiger partial charge in [0.15, 0.2) is 0 Å². The number of aliphatic hydroxyl groups is 1. The molecule has 16 heteroatoms. The predicted molar refractivity (Wildman–Crippen MR) is 257 cm³/mol. The Hall–Kier alpha value is -5.84. The van der Waals surface area contributed by atoms with Crippen LogP contribution in [0.25, 0.3) is 22.1 Å². The van der Waals surface area contributed by atoms with Gasteiger partial charge in [-0.2, -0.15) is 0 Å². The molecule has 4 N–H and O–H groups in total. The summed E-state index contributed by atoms with van der Waals surface area (Å²) in [6.45, 7) is 9.21. The second-order valence-electron chi connectivity index (χ2n) is 20.3. The summed E-state index contributed by atoms with van der Waals surface area (Å²) in [5, 5.41) is 23.8. The number of rotatable bonds is 13. The number of imidazole rings is 1. The molecule has 1 spiro atoms. The molecule has 2 aliphatic heterocycles. The molecule has 10 rings (SSSR count). The van der Waals surface area contributed by atoms with Crippen LogP contribution >= 0.6 is 0 Å². The highest BCUT2D eigenvalue weighted by Gasteiger charge is 2.50. The van der Waals surface area contributed by atoms with Gasteiger partial charge in [-0.05, 0) is 143 Å². The number of ether oxygens (including phenoxy) is 1. The summed E-state index contributed by atoms with van der Waals surface area (Å²) in [6.07, 6.45) is 15.4. The van der Waals surface area contributed by atoms with Crippen molar-refractivity contribution < 1.29 is 28.0 Å². The second kappa shape index (κ2) is 17.7. The molecule has 1 amide bonds. The van der Waals surface area contributed by atoms with E-state index in [4.69, 9.17) is 4.74 Å². The normalized spacial score (nSPS) is 22.4. The Balaban J connectivity index is 0.871. The Labute approximate surface area is 390 Å². The molecular weight excluding hydrogens is 869 g/mol. The van der Waals surface area contributed by atoms with Crippen molar-refractivity contribution in [2.75, 3.05) is 24.5 Å². The van der Waals surface area contributed by atoms with Crippen LogP contribution in [0.2, 0.25) is 0 Å². The lowest BCUT2D eigenvalue weighted by molar-refractivity contribution is -0.385. The summed E-state index contributed by atoms with van der Waals surface area (Å²) in [7, 11) is -4.71. The molecule has 15 nitrogen and oxygen atoms in total. The number of aryl methyl sites for hydroxylation is 1. The van der Waals surface area contributed by atoms with E-state index in [1.165, 1.54) is 43.1 Å². The zero-order valence-electron chi connectivity index (χ0n) is 38.5. The van der Waals surface area contributed by atoms with Crippen LogP contribution in [0.4, 0.5) is 11.4 Å². The molecule has 2 aliphatic carbocycles. The van der Waals surface area contributed by atoms with Crippen molar-refractivity contribution in [3.8, 4) is 11.5 Å². The highest BCUT2D eigenvalue weighted by molar-refractivity contribution is 7.90. The third-order valence-electron chi connectivity index (χ3n) is 15.5.